The first-order valence-electron chi connectivity index (χ1n) is 9.11. The number of methoxy groups -OCH3 is 1. The maximum absolute atomic E-state index is 12.2. The maximum atomic E-state index is 12.2. The number of rotatable bonds is 8. The molecule has 0 atom stereocenters. The van der Waals surface area contributed by atoms with E-state index in [1.807, 2.05) is 62.4 Å². The van der Waals surface area contributed by atoms with Gasteiger partial charge in [0, 0.05) is 5.69 Å². The summed E-state index contributed by atoms with van der Waals surface area (Å²) in [6.45, 7) is 3.79. The van der Waals surface area contributed by atoms with E-state index in [9.17, 15) is 4.79 Å². The van der Waals surface area contributed by atoms with Gasteiger partial charge in [0.2, 0.25) is 11.1 Å². The summed E-state index contributed by atoms with van der Waals surface area (Å²) >= 11 is 1.19. The number of anilines is 2. The highest BCUT2D eigenvalue weighted by atomic mass is 32.2. The van der Waals surface area contributed by atoms with Gasteiger partial charge in [0.05, 0.1) is 18.6 Å². The van der Waals surface area contributed by atoms with Crippen molar-refractivity contribution in [1.29, 1.82) is 0 Å². The Labute approximate surface area is 178 Å². The highest BCUT2D eigenvalue weighted by Crippen LogP contribution is 2.19. The lowest BCUT2D eigenvalue weighted by Crippen LogP contribution is -2.17. The van der Waals surface area contributed by atoms with Crippen LogP contribution in [0.3, 0.4) is 0 Å². The van der Waals surface area contributed by atoms with Gasteiger partial charge in [-0.1, -0.05) is 30.0 Å². The number of carbonyl (C=O) groups is 1. The van der Waals surface area contributed by atoms with Crippen LogP contribution >= 0.6 is 11.8 Å². The Morgan fingerprint density at radius 3 is 2.63 bits per heavy atom. The Kier molecular flexibility index (Phi) is 6.91. The van der Waals surface area contributed by atoms with Gasteiger partial charge in [-0.25, -0.2) is 10.1 Å². The summed E-state index contributed by atoms with van der Waals surface area (Å²) in [6, 6.07) is 15.1. The molecule has 10 heteroatoms. The molecule has 3 aromatic rings. The fourth-order valence-corrected chi connectivity index (χ4v) is 3.17. The van der Waals surface area contributed by atoms with Gasteiger partial charge in [0.1, 0.15) is 5.75 Å². The molecule has 1 heterocycles. The predicted molar refractivity (Wildman–Crippen MR) is 120 cm³/mol. The molecule has 0 radical (unpaired) electrons. The van der Waals surface area contributed by atoms with Gasteiger partial charge >= 0.3 is 0 Å². The van der Waals surface area contributed by atoms with Crippen molar-refractivity contribution in [3.63, 3.8) is 0 Å². The molecule has 30 heavy (non-hydrogen) atoms. The number of thioether (sulfide) groups is 1. The summed E-state index contributed by atoms with van der Waals surface area (Å²) in [5, 5.41) is 15.5. The van der Waals surface area contributed by atoms with E-state index < -0.39 is 0 Å². The molecular formula is C20H23N7O2S. The summed E-state index contributed by atoms with van der Waals surface area (Å²) in [5.74, 6) is 7.06. The van der Waals surface area contributed by atoms with Crippen LogP contribution in [0.15, 0.2) is 58.8 Å². The SMILES string of the molecule is COc1ccc(/C(C)=N/Nc2nnc(SCC(=O)Nc3ccccc3C)n2N)cc1. The second kappa shape index (κ2) is 9.79. The van der Waals surface area contributed by atoms with Gasteiger partial charge in [0.15, 0.2) is 0 Å². The van der Waals surface area contributed by atoms with Crippen molar-refractivity contribution in [2.24, 2.45) is 5.10 Å². The van der Waals surface area contributed by atoms with Crippen molar-refractivity contribution in [2.75, 3.05) is 29.4 Å². The number of aryl methyl sites for hydroxylation is 1. The molecule has 0 unspecified atom stereocenters. The molecule has 0 saturated carbocycles. The van der Waals surface area contributed by atoms with Crippen LogP contribution in [0.2, 0.25) is 0 Å². The fraction of sp³-hybridized carbons (Fsp3) is 0.200. The Hall–Kier alpha value is -3.53. The minimum Gasteiger partial charge on any atom is -0.497 e. The van der Waals surface area contributed by atoms with Gasteiger partial charge < -0.3 is 15.9 Å². The first kappa shape index (κ1) is 21.2. The monoisotopic (exact) mass is 425 g/mol. The number of hydrogen-bond acceptors (Lipinski definition) is 8. The zero-order chi connectivity index (χ0) is 21.5. The van der Waals surface area contributed by atoms with E-state index in [2.05, 4.69) is 26.0 Å². The summed E-state index contributed by atoms with van der Waals surface area (Å²) < 4.78 is 6.41. The van der Waals surface area contributed by atoms with Gasteiger partial charge in [-0.3, -0.25) is 4.79 Å². The zero-order valence-electron chi connectivity index (χ0n) is 16.9. The number of nitrogen functional groups attached to an aromatic ring is 1. The summed E-state index contributed by atoms with van der Waals surface area (Å²) in [7, 11) is 1.62. The van der Waals surface area contributed by atoms with E-state index in [0.29, 0.717) is 5.16 Å². The van der Waals surface area contributed by atoms with E-state index >= 15 is 0 Å². The molecule has 0 aliphatic heterocycles. The van der Waals surface area contributed by atoms with Gasteiger partial charge in [-0.05, 0) is 55.3 Å². The van der Waals surface area contributed by atoms with E-state index in [1.54, 1.807) is 7.11 Å². The molecule has 3 rings (SSSR count). The third-order valence-corrected chi connectivity index (χ3v) is 5.19. The molecule has 0 aliphatic carbocycles. The van der Waals surface area contributed by atoms with E-state index in [0.717, 1.165) is 28.3 Å². The maximum Gasteiger partial charge on any atom is 0.264 e. The Morgan fingerprint density at radius 2 is 1.93 bits per heavy atom. The zero-order valence-corrected chi connectivity index (χ0v) is 17.7. The molecule has 1 amide bonds. The van der Waals surface area contributed by atoms with Crippen molar-refractivity contribution >= 4 is 35.0 Å². The summed E-state index contributed by atoms with van der Waals surface area (Å²) in [6.07, 6.45) is 0. The Bertz CT molecular complexity index is 1050. The number of nitrogens with zero attached hydrogens (tertiary/aromatic N) is 4. The third kappa shape index (κ3) is 5.29. The van der Waals surface area contributed by atoms with E-state index in [-0.39, 0.29) is 17.6 Å². The second-order valence-corrected chi connectivity index (χ2v) is 7.31. The number of benzene rings is 2. The minimum atomic E-state index is -0.153. The highest BCUT2D eigenvalue weighted by Gasteiger charge is 2.13. The Morgan fingerprint density at radius 1 is 1.20 bits per heavy atom. The standard InChI is InChI=1S/C20H23N7O2S/c1-13-6-4-5-7-17(13)22-18(28)12-30-20-26-25-19(27(20)21)24-23-14(2)15-8-10-16(29-3)11-9-15/h4-11H,12,21H2,1-3H3,(H,22,28)(H,24,25)/b23-14+. The molecule has 156 valence electrons. The number of amides is 1. The number of hydrazone groups is 1. The average Bonchev–Trinajstić information content (AvgIpc) is 3.11. The smallest absolute Gasteiger partial charge is 0.264 e. The molecule has 9 nitrogen and oxygen atoms in total. The quantitative estimate of drug-likeness (QED) is 0.220. The molecule has 0 spiro atoms. The van der Waals surface area contributed by atoms with Crippen molar-refractivity contribution < 1.29 is 9.53 Å². The summed E-state index contributed by atoms with van der Waals surface area (Å²) in [5.41, 5.74) is 6.25. The number of para-hydroxylation sites is 1. The predicted octanol–water partition coefficient (Wildman–Crippen LogP) is 2.88. The van der Waals surface area contributed by atoms with Crippen molar-refractivity contribution in [2.45, 2.75) is 19.0 Å². The normalized spacial score (nSPS) is 11.2. The lowest BCUT2D eigenvalue weighted by atomic mass is 10.1. The third-order valence-electron chi connectivity index (χ3n) is 4.25. The molecular weight excluding hydrogens is 402 g/mol. The molecule has 0 saturated heterocycles. The summed E-state index contributed by atoms with van der Waals surface area (Å²) in [4.78, 5) is 12.2. The minimum absolute atomic E-state index is 0.151. The van der Waals surface area contributed by atoms with Gasteiger partial charge in [-0.15, -0.1) is 10.2 Å². The van der Waals surface area contributed by atoms with Crippen LogP contribution in [0.5, 0.6) is 5.75 Å². The lowest BCUT2D eigenvalue weighted by Gasteiger charge is -2.08. The molecule has 4 N–H and O–H groups in total. The average molecular weight is 426 g/mol. The van der Waals surface area contributed by atoms with E-state index in [4.69, 9.17) is 10.6 Å². The second-order valence-electron chi connectivity index (χ2n) is 6.37. The largest absolute Gasteiger partial charge is 0.497 e. The number of nitrogens with one attached hydrogen (secondary N) is 2. The van der Waals surface area contributed by atoms with Crippen LogP contribution in [0, 0.1) is 6.92 Å². The fourth-order valence-electron chi connectivity index (χ4n) is 2.51. The van der Waals surface area contributed by atoms with Crippen LogP contribution in [0.4, 0.5) is 11.6 Å². The van der Waals surface area contributed by atoms with Gasteiger partial charge in [-0.2, -0.15) is 5.10 Å². The van der Waals surface area contributed by atoms with Crippen molar-refractivity contribution in [3.8, 4) is 5.75 Å². The molecule has 0 bridgehead atoms. The van der Waals surface area contributed by atoms with Crippen LogP contribution < -0.4 is 21.3 Å². The molecule has 2 aromatic carbocycles. The number of hydrogen-bond donors (Lipinski definition) is 3. The molecule has 0 fully saturated rings. The van der Waals surface area contributed by atoms with Crippen molar-refractivity contribution in [3.05, 3.63) is 59.7 Å². The van der Waals surface area contributed by atoms with Crippen LogP contribution in [-0.4, -0.2) is 39.4 Å². The van der Waals surface area contributed by atoms with Crippen molar-refractivity contribution in [1.82, 2.24) is 14.9 Å². The molecule has 1 aromatic heterocycles. The first-order valence-corrected chi connectivity index (χ1v) is 10.1. The first-order chi connectivity index (χ1) is 14.5. The van der Waals surface area contributed by atoms with Gasteiger partial charge in [0.25, 0.3) is 5.95 Å². The molecule has 0 aliphatic rings. The highest BCUT2D eigenvalue weighted by molar-refractivity contribution is 7.99. The van der Waals surface area contributed by atoms with E-state index in [1.165, 1.54) is 16.4 Å². The number of nitrogens with two attached hydrogens (primary N) is 1. The topological polar surface area (TPSA) is 119 Å². The van der Waals surface area contributed by atoms with Crippen LogP contribution in [-0.2, 0) is 4.79 Å². The Balaban J connectivity index is 1.57. The number of aromatic nitrogens is 3. The number of carbonyl (C=O) groups excluding carboxylic acids is 1. The van der Waals surface area contributed by atoms with Crippen LogP contribution in [0.1, 0.15) is 18.1 Å². The van der Waals surface area contributed by atoms with Crippen LogP contribution in [0.25, 0.3) is 0 Å². The lowest BCUT2D eigenvalue weighted by molar-refractivity contribution is -0.113. The number of ether oxygens (including phenoxy) is 1.